The minimum Gasteiger partial charge on any atom is -0.323 e. The Kier molecular flexibility index (Phi) is 1.73. The van der Waals surface area contributed by atoms with E-state index in [-0.39, 0.29) is 11.5 Å². The summed E-state index contributed by atoms with van der Waals surface area (Å²) in [7, 11) is 0. The van der Waals surface area contributed by atoms with Gasteiger partial charge in [-0.05, 0) is 28.8 Å². The zero-order valence-electron chi connectivity index (χ0n) is 6.96. The molecule has 0 spiro atoms. The maximum absolute atomic E-state index is 12.9. The summed E-state index contributed by atoms with van der Waals surface area (Å²) in [4.78, 5) is 0. The summed E-state index contributed by atoms with van der Waals surface area (Å²) in [6.45, 7) is 1.92. The maximum atomic E-state index is 12.9. The van der Waals surface area contributed by atoms with Gasteiger partial charge in [0.1, 0.15) is 6.17 Å². The summed E-state index contributed by atoms with van der Waals surface area (Å²) in [6.07, 6.45) is -0.0864. The number of alkyl halides is 1. The van der Waals surface area contributed by atoms with Gasteiger partial charge in [-0.25, -0.2) is 4.39 Å². The number of rotatable bonds is 2. The van der Waals surface area contributed by atoms with Crippen molar-refractivity contribution < 1.29 is 4.39 Å². The van der Waals surface area contributed by atoms with Crippen molar-refractivity contribution in [2.45, 2.75) is 25.6 Å². The van der Waals surface area contributed by atoms with Crippen LogP contribution in [0.25, 0.3) is 0 Å². The molecule has 1 aliphatic rings. The molecule has 0 aliphatic heterocycles. The van der Waals surface area contributed by atoms with E-state index in [1.54, 1.807) is 11.3 Å². The van der Waals surface area contributed by atoms with Gasteiger partial charge in [-0.3, -0.25) is 0 Å². The zero-order valence-corrected chi connectivity index (χ0v) is 7.77. The monoisotopic (exact) mass is 185 g/mol. The summed E-state index contributed by atoms with van der Waals surface area (Å²) in [5.41, 5.74) is 6.72. The predicted molar refractivity (Wildman–Crippen MR) is 48.9 cm³/mol. The smallest absolute Gasteiger partial charge is 0.108 e. The van der Waals surface area contributed by atoms with Crippen molar-refractivity contribution in [1.29, 1.82) is 0 Å². The highest BCUT2D eigenvalue weighted by Crippen LogP contribution is 2.55. The van der Waals surface area contributed by atoms with Crippen LogP contribution in [0.15, 0.2) is 16.8 Å². The Hall–Kier alpha value is -0.410. The minimum atomic E-state index is -0.701. The van der Waals surface area contributed by atoms with Gasteiger partial charge in [-0.1, -0.05) is 6.92 Å². The van der Waals surface area contributed by atoms with Crippen LogP contribution >= 0.6 is 11.3 Å². The molecule has 66 valence electrons. The summed E-state index contributed by atoms with van der Waals surface area (Å²) in [5.74, 6) is 0. The Balaban J connectivity index is 2.17. The van der Waals surface area contributed by atoms with Crippen molar-refractivity contribution >= 4 is 11.3 Å². The second-order valence-corrected chi connectivity index (χ2v) is 4.49. The normalized spacial score (nSPS) is 36.4. The standard InChI is InChI=1S/C9H12FNS/c1-9(4-7(9)10)8(11)6-2-3-12-5-6/h2-3,5,7-8H,4,11H2,1H3. The molecule has 0 saturated heterocycles. The van der Waals surface area contributed by atoms with Crippen LogP contribution < -0.4 is 5.73 Å². The molecule has 3 heteroatoms. The molecule has 2 N–H and O–H groups in total. The van der Waals surface area contributed by atoms with Crippen molar-refractivity contribution in [2.24, 2.45) is 11.1 Å². The van der Waals surface area contributed by atoms with Gasteiger partial charge in [-0.2, -0.15) is 11.3 Å². The molecule has 0 amide bonds. The SMILES string of the molecule is CC1(C(N)c2ccsc2)CC1F. The van der Waals surface area contributed by atoms with Gasteiger partial charge < -0.3 is 5.73 Å². The number of hydrogen-bond donors (Lipinski definition) is 1. The Bertz CT molecular complexity index is 272. The zero-order chi connectivity index (χ0) is 8.77. The molecular weight excluding hydrogens is 173 g/mol. The quantitative estimate of drug-likeness (QED) is 0.752. The average Bonchev–Trinajstić information content (AvgIpc) is 2.59. The predicted octanol–water partition coefficient (Wildman–Crippen LogP) is 2.50. The van der Waals surface area contributed by atoms with E-state index in [1.165, 1.54) is 0 Å². The average molecular weight is 185 g/mol. The van der Waals surface area contributed by atoms with Gasteiger partial charge in [0, 0.05) is 11.5 Å². The molecule has 0 aromatic carbocycles. The lowest BCUT2D eigenvalue weighted by atomic mass is 9.94. The fourth-order valence-corrected chi connectivity index (χ4v) is 2.18. The molecule has 2 rings (SSSR count). The van der Waals surface area contributed by atoms with Crippen molar-refractivity contribution in [3.05, 3.63) is 22.4 Å². The molecule has 1 heterocycles. The van der Waals surface area contributed by atoms with Gasteiger partial charge >= 0.3 is 0 Å². The van der Waals surface area contributed by atoms with Gasteiger partial charge in [0.25, 0.3) is 0 Å². The molecule has 0 bridgehead atoms. The molecule has 1 aromatic rings. The Morgan fingerprint density at radius 2 is 2.50 bits per heavy atom. The summed E-state index contributed by atoms with van der Waals surface area (Å²) < 4.78 is 12.9. The van der Waals surface area contributed by atoms with Crippen LogP contribution in [0.1, 0.15) is 24.9 Å². The number of halogens is 1. The second-order valence-electron chi connectivity index (χ2n) is 3.71. The maximum Gasteiger partial charge on any atom is 0.108 e. The van der Waals surface area contributed by atoms with Crippen molar-refractivity contribution in [3.8, 4) is 0 Å². The molecule has 12 heavy (non-hydrogen) atoms. The van der Waals surface area contributed by atoms with Gasteiger partial charge in [-0.15, -0.1) is 0 Å². The Morgan fingerprint density at radius 1 is 1.83 bits per heavy atom. The number of hydrogen-bond acceptors (Lipinski definition) is 2. The summed E-state index contributed by atoms with van der Waals surface area (Å²) in [6, 6.07) is 1.85. The molecule has 1 saturated carbocycles. The van der Waals surface area contributed by atoms with Crippen LogP contribution in [0.3, 0.4) is 0 Å². The first kappa shape index (κ1) is 8.20. The van der Waals surface area contributed by atoms with E-state index in [0.717, 1.165) is 5.56 Å². The molecule has 0 radical (unpaired) electrons. The lowest BCUT2D eigenvalue weighted by Gasteiger charge is -2.17. The van der Waals surface area contributed by atoms with Crippen molar-refractivity contribution in [2.75, 3.05) is 0 Å². The molecule has 1 fully saturated rings. The van der Waals surface area contributed by atoms with E-state index in [2.05, 4.69) is 0 Å². The first-order valence-electron chi connectivity index (χ1n) is 4.06. The highest BCUT2D eigenvalue weighted by molar-refractivity contribution is 7.07. The molecule has 3 atom stereocenters. The first-order chi connectivity index (χ1) is 5.64. The molecular formula is C9H12FNS. The highest BCUT2D eigenvalue weighted by atomic mass is 32.1. The third-order valence-electron chi connectivity index (χ3n) is 2.79. The van der Waals surface area contributed by atoms with Crippen LogP contribution in [0.5, 0.6) is 0 Å². The Labute approximate surface area is 75.4 Å². The first-order valence-corrected chi connectivity index (χ1v) is 5.00. The van der Waals surface area contributed by atoms with Crippen LogP contribution in [0.4, 0.5) is 4.39 Å². The summed E-state index contributed by atoms with van der Waals surface area (Å²) >= 11 is 1.61. The third kappa shape index (κ3) is 1.08. The third-order valence-corrected chi connectivity index (χ3v) is 3.49. The van der Waals surface area contributed by atoms with Crippen molar-refractivity contribution in [3.63, 3.8) is 0 Å². The van der Waals surface area contributed by atoms with E-state index >= 15 is 0 Å². The second kappa shape index (κ2) is 2.54. The van der Waals surface area contributed by atoms with Gasteiger partial charge in [0.2, 0.25) is 0 Å². The molecule has 1 aliphatic carbocycles. The van der Waals surface area contributed by atoms with E-state index < -0.39 is 6.17 Å². The molecule has 1 nitrogen and oxygen atoms in total. The van der Waals surface area contributed by atoms with Crippen LogP contribution in [0, 0.1) is 5.41 Å². The van der Waals surface area contributed by atoms with E-state index in [9.17, 15) is 4.39 Å². The lowest BCUT2D eigenvalue weighted by molar-refractivity contribution is 0.332. The molecule has 1 aromatic heterocycles. The van der Waals surface area contributed by atoms with Crippen molar-refractivity contribution in [1.82, 2.24) is 0 Å². The lowest BCUT2D eigenvalue weighted by Crippen LogP contribution is -2.21. The van der Waals surface area contributed by atoms with E-state index in [0.29, 0.717) is 6.42 Å². The summed E-state index contributed by atoms with van der Waals surface area (Å²) in [5, 5.41) is 3.98. The fraction of sp³-hybridized carbons (Fsp3) is 0.556. The van der Waals surface area contributed by atoms with Gasteiger partial charge in [0.15, 0.2) is 0 Å². The van der Waals surface area contributed by atoms with Crippen LogP contribution in [0.2, 0.25) is 0 Å². The van der Waals surface area contributed by atoms with Gasteiger partial charge in [0.05, 0.1) is 0 Å². The number of thiophene rings is 1. The van der Waals surface area contributed by atoms with Crippen LogP contribution in [-0.4, -0.2) is 6.17 Å². The highest BCUT2D eigenvalue weighted by Gasteiger charge is 2.55. The largest absolute Gasteiger partial charge is 0.323 e. The fourth-order valence-electron chi connectivity index (χ4n) is 1.48. The molecule has 3 unspecified atom stereocenters. The van der Waals surface area contributed by atoms with Crippen LogP contribution in [-0.2, 0) is 0 Å². The number of nitrogens with two attached hydrogens (primary N) is 1. The van der Waals surface area contributed by atoms with E-state index in [4.69, 9.17) is 5.73 Å². The topological polar surface area (TPSA) is 26.0 Å². The minimum absolute atomic E-state index is 0.126. The Morgan fingerprint density at radius 3 is 2.92 bits per heavy atom. The van der Waals surface area contributed by atoms with E-state index in [1.807, 2.05) is 23.8 Å².